The summed E-state index contributed by atoms with van der Waals surface area (Å²) in [5.74, 6) is 1.32. The van der Waals surface area contributed by atoms with Gasteiger partial charge in [0.1, 0.15) is 5.82 Å². The van der Waals surface area contributed by atoms with Crippen LogP contribution in [0.4, 0.5) is 16.5 Å². The van der Waals surface area contributed by atoms with Gasteiger partial charge in [-0.2, -0.15) is 4.37 Å². The van der Waals surface area contributed by atoms with Crippen LogP contribution in [-0.4, -0.2) is 22.3 Å². The second-order valence-electron chi connectivity index (χ2n) is 5.21. The number of benzene rings is 1. The van der Waals surface area contributed by atoms with Gasteiger partial charge in [0, 0.05) is 35.9 Å². The Hall–Kier alpha value is -1.95. The second-order valence-corrected chi connectivity index (χ2v) is 5.96. The van der Waals surface area contributed by atoms with Crippen LogP contribution in [0.3, 0.4) is 0 Å². The van der Waals surface area contributed by atoms with Gasteiger partial charge in [-0.05, 0) is 23.8 Å². The minimum absolute atomic E-state index is 0.134. The van der Waals surface area contributed by atoms with E-state index in [-0.39, 0.29) is 5.91 Å². The average Bonchev–Trinajstić information content (AvgIpc) is 2.96. The largest absolute Gasteiger partial charge is 0.330 e. The summed E-state index contributed by atoms with van der Waals surface area (Å²) in [5, 5.41) is 4.04. The van der Waals surface area contributed by atoms with Gasteiger partial charge in [0.25, 0.3) is 0 Å². The van der Waals surface area contributed by atoms with Gasteiger partial charge in [0.15, 0.2) is 0 Å². The van der Waals surface area contributed by atoms with Gasteiger partial charge in [-0.25, -0.2) is 4.98 Å². The van der Waals surface area contributed by atoms with Gasteiger partial charge >= 0.3 is 0 Å². The lowest BCUT2D eigenvalue weighted by molar-refractivity contribution is -0.117. The maximum atomic E-state index is 11.7. The first-order valence-electron chi connectivity index (χ1n) is 6.54. The van der Waals surface area contributed by atoms with E-state index in [1.807, 2.05) is 18.2 Å². The molecule has 0 atom stereocenters. The summed E-state index contributed by atoms with van der Waals surface area (Å²) in [7, 11) is 1.81. The maximum Gasteiger partial charge on any atom is 0.231 e. The Kier molecular flexibility index (Phi) is 3.17. The fourth-order valence-corrected chi connectivity index (χ4v) is 2.92. The third kappa shape index (κ3) is 2.27. The number of hydrogen-bond acceptors (Lipinski definition) is 5. The Morgan fingerprint density at radius 1 is 1.40 bits per heavy atom. The third-order valence-electron chi connectivity index (χ3n) is 3.37. The van der Waals surface area contributed by atoms with Crippen LogP contribution in [0.2, 0.25) is 0 Å². The molecule has 1 aromatic heterocycles. The Morgan fingerprint density at radius 2 is 2.20 bits per heavy atom. The highest BCUT2D eigenvalue weighted by Gasteiger charge is 2.23. The number of nitrogens with one attached hydrogen (secondary N) is 1. The normalized spacial score (nSPS) is 14.0. The summed E-state index contributed by atoms with van der Waals surface area (Å²) < 4.78 is 4.31. The molecule has 0 spiro atoms. The highest BCUT2D eigenvalue weighted by Crippen LogP contribution is 2.31. The van der Waals surface area contributed by atoms with Crippen LogP contribution < -0.4 is 10.2 Å². The minimum Gasteiger partial charge on any atom is -0.330 e. The molecule has 2 heterocycles. The number of carbonyl (C=O) groups is 1. The lowest BCUT2D eigenvalue weighted by atomic mass is 10.1. The van der Waals surface area contributed by atoms with E-state index in [4.69, 9.17) is 0 Å². The molecule has 1 aliphatic rings. The number of anilines is 3. The molecule has 2 aromatic rings. The predicted molar refractivity (Wildman–Crippen MR) is 80.8 cm³/mol. The average molecular weight is 288 g/mol. The van der Waals surface area contributed by atoms with Crippen molar-refractivity contribution in [2.75, 3.05) is 17.3 Å². The molecule has 0 fully saturated rings. The first kappa shape index (κ1) is 13.1. The molecule has 1 aliphatic heterocycles. The van der Waals surface area contributed by atoms with E-state index in [2.05, 4.69) is 28.5 Å². The molecule has 3 rings (SSSR count). The topological polar surface area (TPSA) is 58.1 Å². The number of nitrogens with zero attached hydrogens (tertiary/aromatic N) is 3. The van der Waals surface area contributed by atoms with Gasteiger partial charge in [0.2, 0.25) is 11.0 Å². The molecular formula is C14H16N4OS. The van der Waals surface area contributed by atoms with Crippen molar-refractivity contribution in [2.45, 2.75) is 26.2 Å². The van der Waals surface area contributed by atoms with Crippen molar-refractivity contribution in [2.24, 2.45) is 0 Å². The van der Waals surface area contributed by atoms with Crippen molar-refractivity contribution in [1.29, 1.82) is 0 Å². The number of aromatic nitrogens is 2. The van der Waals surface area contributed by atoms with Crippen LogP contribution >= 0.6 is 11.5 Å². The van der Waals surface area contributed by atoms with Gasteiger partial charge in [-0.1, -0.05) is 13.8 Å². The first-order valence-corrected chi connectivity index (χ1v) is 7.32. The smallest absolute Gasteiger partial charge is 0.231 e. The zero-order chi connectivity index (χ0) is 14.3. The van der Waals surface area contributed by atoms with Crippen molar-refractivity contribution in [3.63, 3.8) is 0 Å². The van der Waals surface area contributed by atoms with Crippen molar-refractivity contribution in [3.8, 4) is 0 Å². The number of hydrogen-bond donors (Lipinski definition) is 1. The van der Waals surface area contributed by atoms with E-state index in [1.165, 1.54) is 11.5 Å². The third-order valence-corrected chi connectivity index (χ3v) is 4.01. The van der Waals surface area contributed by atoms with Gasteiger partial charge < -0.3 is 10.2 Å². The number of fused-ring (bicyclic) bond motifs is 1. The highest BCUT2D eigenvalue weighted by atomic mass is 32.1. The summed E-state index contributed by atoms with van der Waals surface area (Å²) in [4.78, 5) is 17.8. The summed E-state index contributed by atoms with van der Waals surface area (Å²) >= 11 is 1.36. The molecule has 6 heteroatoms. The van der Waals surface area contributed by atoms with Crippen molar-refractivity contribution in [3.05, 3.63) is 29.6 Å². The lowest BCUT2D eigenvalue weighted by Crippen LogP contribution is -2.20. The molecule has 0 saturated heterocycles. The number of likely N-dealkylation sites (N-methyl/N-ethyl adjacent to an activating group) is 1. The summed E-state index contributed by atoms with van der Waals surface area (Å²) in [6.45, 7) is 4.14. The highest BCUT2D eigenvalue weighted by molar-refractivity contribution is 7.09. The fraction of sp³-hybridized carbons (Fsp3) is 0.357. The van der Waals surface area contributed by atoms with Gasteiger partial charge in [-0.3, -0.25) is 4.79 Å². The molecule has 1 amide bonds. The zero-order valence-corrected chi connectivity index (χ0v) is 12.5. The molecule has 0 radical (unpaired) electrons. The van der Waals surface area contributed by atoms with Gasteiger partial charge in [0.05, 0.1) is 6.42 Å². The van der Waals surface area contributed by atoms with E-state index in [0.717, 1.165) is 27.9 Å². The fourth-order valence-electron chi connectivity index (χ4n) is 2.19. The minimum atomic E-state index is 0.134. The van der Waals surface area contributed by atoms with E-state index in [9.17, 15) is 4.79 Å². The van der Waals surface area contributed by atoms with Crippen LogP contribution in [0.1, 0.15) is 31.2 Å². The molecule has 104 valence electrons. The van der Waals surface area contributed by atoms with Crippen LogP contribution in [0.5, 0.6) is 0 Å². The molecule has 0 saturated carbocycles. The quantitative estimate of drug-likeness (QED) is 0.943. The molecular weight excluding hydrogens is 272 g/mol. The second kappa shape index (κ2) is 4.86. The Morgan fingerprint density at radius 3 is 2.90 bits per heavy atom. The number of amides is 1. The first-order chi connectivity index (χ1) is 9.54. The summed E-state index contributed by atoms with van der Waals surface area (Å²) in [5.41, 5.74) is 2.98. The van der Waals surface area contributed by atoms with E-state index < -0.39 is 0 Å². The molecule has 1 N–H and O–H groups in total. The Bertz CT molecular complexity index is 665. The maximum absolute atomic E-state index is 11.7. The molecule has 5 nitrogen and oxygen atoms in total. The lowest BCUT2D eigenvalue weighted by Gasteiger charge is -2.10. The number of carbonyl (C=O) groups excluding carboxylic acids is 1. The number of rotatable bonds is 3. The van der Waals surface area contributed by atoms with E-state index >= 15 is 0 Å². The Labute approximate surface area is 121 Å². The summed E-state index contributed by atoms with van der Waals surface area (Å²) in [6, 6.07) is 5.94. The SMILES string of the molecule is CC(C)c1nsc(Nc2ccc3c(c2)CC(=O)N3C)n1. The monoisotopic (exact) mass is 288 g/mol. The van der Waals surface area contributed by atoms with Crippen molar-refractivity contribution >= 4 is 33.9 Å². The molecule has 20 heavy (non-hydrogen) atoms. The predicted octanol–water partition coefficient (Wildman–Crippen LogP) is 2.92. The Balaban J connectivity index is 1.82. The van der Waals surface area contributed by atoms with Crippen LogP contribution in [0.25, 0.3) is 0 Å². The van der Waals surface area contributed by atoms with Crippen LogP contribution in [-0.2, 0) is 11.2 Å². The van der Waals surface area contributed by atoms with Crippen LogP contribution in [0, 0.1) is 0 Å². The molecule has 0 unspecified atom stereocenters. The van der Waals surface area contributed by atoms with E-state index in [1.54, 1.807) is 11.9 Å². The molecule has 0 aliphatic carbocycles. The zero-order valence-electron chi connectivity index (χ0n) is 11.7. The van der Waals surface area contributed by atoms with E-state index in [0.29, 0.717) is 12.3 Å². The van der Waals surface area contributed by atoms with Crippen molar-refractivity contribution in [1.82, 2.24) is 9.36 Å². The standard InChI is InChI=1S/C14H16N4OS/c1-8(2)13-16-14(20-17-13)15-10-4-5-11-9(6-10)7-12(19)18(11)3/h4-6,8H,7H2,1-3H3,(H,15,16,17). The van der Waals surface area contributed by atoms with Crippen LogP contribution in [0.15, 0.2) is 18.2 Å². The molecule has 0 bridgehead atoms. The molecule has 1 aromatic carbocycles. The van der Waals surface area contributed by atoms with Gasteiger partial charge in [-0.15, -0.1) is 0 Å². The summed E-state index contributed by atoms with van der Waals surface area (Å²) in [6.07, 6.45) is 0.467. The van der Waals surface area contributed by atoms with Crippen molar-refractivity contribution < 1.29 is 4.79 Å².